The lowest BCUT2D eigenvalue weighted by atomic mass is 10.1. The fraction of sp³-hybridized carbons (Fsp3) is 0. The SMILES string of the molecule is c1ccc(N2c3ccccc3-n3c4ccc5c6ccccc6n(-c6ccc7oc8ccccc8c7c6)c5c4c4cccc2c43)cc1. The molecule has 1 aliphatic rings. The smallest absolute Gasteiger partial charge is 0.135 e. The molecule has 10 aromatic rings. The Morgan fingerprint density at radius 2 is 1.09 bits per heavy atom. The molecule has 214 valence electrons. The van der Waals surface area contributed by atoms with Crippen molar-refractivity contribution in [2.24, 2.45) is 0 Å². The van der Waals surface area contributed by atoms with Gasteiger partial charge in [0.1, 0.15) is 11.2 Å². The van der Waals surface area contributed by atoms with E-state index in [-0.39, 0.29) is 0 Å². The van der Waals surface area contributed by atoms with Gasteiger partial charge in [-0.05, 0) is 66.7 Å². The highest BCUT2D eigenvalue weighted by Gasteiger charge is 2.30. The summed E-state index contributed by atoms with van der Waals surface area (Å²) in [5.74, 6) is 0. The summed E-state index contributed by atoms with van der Waals surface area (Å²) >= 11 is 0. The topological polar surface area (TPSA) is 26.2 Å². The van der Waals surface area contributed by atoms with Gasteiger partial charge < -0.3 is 18.5 Å². The van der Waals surface area contributed by atoms with Crippen LogP contribution in [-0.4, -0.2) is 9.13 Å². The van der Waals surface area contributed by atoms with Crippen LogP contribution in [0.3, 0.4) is 0 Å². The van der Waals surface area contributed by atoms with Crippen molar-refractivity contribution >= 4 is 82.6 Å². The van der Waals surface area contributed by atoms with Crippen molar-refractivity contribution in [3.05, 3.63) is 152 Å². The Balaban J connectivity index is 1.32. The third kappa shape index (κ3) is 2.98. The number of rotatable bonds is 2. The van der Waals surface area contributed by atoms with E-state index in [1.54, 1.807) is 0 Å². The fourth-order valence-electron chi connectivity index (χ4n) is 7.97. The molecule has 0 N–H and O–H groups in total. The second-order valence-corrected chi connectivity index (χ2v) is 12.2. The summed E-state index contributed by atoms with van der Waals surface area (Å²) in [7, 11) is 0. The van der Waals surface area contributed by atoms with Gasteiger partial charge in [-0.1, -0.05) is 84.9 Å². The minimum atomic E-state index is 0.903. The Morgan fingerprint density at radius 1 is 0.370 bits per heavy atom. The molecule has 3 aromatic heterocycles. The van der Waals surface area contributed by atoms with Gasteiger partial charge in [-0.2, -0.15) is 0 Å². The molecule has 0 amide bonds. The van der Waals surface area contributed by atoms with Crippen LogP contribution < -0.4 is 4.90 Å². The van der Waals surface area contributed by atoms with Crippen LogP contribution in [0.15, 0.2) is 156 Å². The molecule has 0 fully saturated rings. The molecule has 46 heavy (non-hydrogen) atoms. The van der Waals surface area contributed by atoms with Gasteiger partial charge in [0.25, 0.3) is 0 Å². The summed E-state index contributed by atoms with van der Waals surface area (Å²) in [6.07, 6.45) is 0. The van der Waals surface area contributed by atoms with Crippen LogP contribution in [-0.2, 0) is 0 Å². The van der Waals surface area contributed by atoms with E-state index < -0.39 is 0 Å². The molecular formula is C42H25N3O. The minimum absolute atomic E-state index is 0.903. The highest BCUT2D eigenvalue weighted by molar-refractivity contribution is 6.28. The summed E-state index contributed by atoms with van der Waals surface area (Å²) in [5, 5.41) is 7.25. The summed E-state index contributed by atoms with van der Waals surface area (Å²) in [4.78, 5) is 2.40. The second-order valence-electron chi connectivity index (χ2n) is 12.2. The second kappa shape index (κ2) is 8.68. The van der Waals surface area contributed by atoms with Gasteiger partial charge >= 0.3 is 0 Å². The molecule has 0 spiro atoms. The van der Waals surface area contributed by atoms with Crippen LogP contribution in [0, 0.1) is 0 Å². The highest BCUT2D eigenvalue weighted by Crippen LogP contribution is 2.51. The van der Waals surface area contributed by atoms with E-state index >= 15 is 0 Å². The summed E-state index contributed by atoms with van der Waals surface area (Å²) < 4.78 is 11.2. The largest absolute Gasteiger partial charge is 0.456 e. The maximum absolute atomic E-state index is 6.23. The van der Waals surface area contributed by atoms with Crippen molar-refractivity contribution in [1.29, 1.82) is 0 Å². The van der Waals surface area contributed by atoms with Crippen molar-refractivity contribution in [1.82, 2.24) is 9.13 Å². The van der Waals surface area contributed by atoms with Gasteiger partial charge in [-0.15, -0.1) is 0 Å². The number of fused-ring (bicyclic) bond motifs is 12. The predicted octanol–water partition coefficient (Wildman–Crippen LogP) is 11.6. The van der Waals surface area contributed by atoms with Crippen LogP contribution in [0.1, 0.15) is 0 Å². The average Bonchev–Trinajstić information content (AvgIpc) is 3.77. The molecule has 0 saturated heterocycles. The molecule has 4 heterocycles. The number of benzene rings is 7. The first-order chi connectivity index (χ1) is 22.8. The molecule has 4 nitrogen and oxygen atoms in total. The van der Waals surface area contributed by atoms with Crippen molar-refractivity contribution in [3.63, 3.8) is 0 Å². The van der Waals surface area contributed by atoms with Gasteiger partial charge in [-0.3, -0.25) is 0 Å². The van der Waals surface area contributed by atoms with E-state index in [1.807, 2.05) is 12.1 Å². The fourth-order valence-corrected chi connectivity index (χ4v) is 7.97. The zero-order valence-corrected chi connectivity index (χ0v) is 24.7. The van der Waals surface area contributed by atoms with E-state index in [1.165, 1.54) is 60.7 Å². The lowest BCUT2D eigenvalue weighted by Crippen LogP contribution is -2.17. The Bertz CT molecular complexity index is 2870. The van der Waals surface area contributed by atoms with E-state index in [2.05, 4.69) is 154 Å². The number of anilines is 3. The number of para-hydroxylation sites is 6. The Hall–Kier alpha value is -6.26. The Labute approximate surface area is 263 Å². The third-order valence-electron chi connectivity index (χ3n) is 9.80. The van der Waals surface area contributed by atoms with Crippen molar-refractivity contribution < 1.29 is 4.42 Å². The van der Waals surface area contributed by atoms with Gasteiger partial charge in [0.15, 0.2) is 0 Å². The number of hydrogen-bond donors (Lipinski definition) is 0. The predicted molar refractivity (Wildman–Crippen MR) is 191 cm³/mol. The van der Waals surface area contributed by atoms with E-state index in [0.717, 1.165) is 33.3 Å². The van der Waals surface area contributed by atoms with Gasteiger partial charge in [0.2, 0.25) is 0 Å². The Morgan fingerprint density at radius 3 is 2.00 bits per heavy atom. The molecule has 0 atom stereocenters. The molecule has 0 saturated carbocycles. The van der Waals surface area contributed by atoms with E-state index in [9.17, 15) is 0 Å². The van der Waals surface area contributed by atoms with Crippen molar-refractivity contribution in [3.8, 4) is 11.4 Å². The minimum Gasteiger partial charge on any atom is -0.456 e. The number of hydrogen-bond acceptors (Lipinski definition) is 2. The standard InChI is InChI=1S/C42H25N3O/c1-2-11-26(12-3-1)43-34-17-7-8-18-35(34)45-36-23-22-30-28-13-4-6-16-33(28)44(42(30)40(36)31-15-10-19-37(43)41(31)45)27-21-24-39-32(25-27)29-14-5-9-20-38(29)46-39/h1-25H. The molecule has 1 aliphatic heterocycles. The normalized spacial score (nSPS) is 12.7. The first-order valence-corrected chi connectivity index (χ1v) is 15.7. The molecule has 0 bridgehead atoms. The van der Waals surface area contributed by atoms with Crippen LogP contribution in [0.5, 0.6) is 0 Å². The lowest BCUT2D eigenvalue weighted by molar-refractivity contribution is 0.669. The van der Waals surface area contributed by atoms with E-state index in [4.69, 9.17) is 4.42 Å². The number of nitrogens with zero attached hydrogens (tertiary/aromatic N) is 3. The zero-order chi connectivity index (χ0) is 29.9. The summed E-state index contributed by atoms with van der Waals surface area (Å²) in [6.45, 7) is 0. The molecule has 0 unspecified atom stereocenters. The zero-order valence-electron chi connectivity index (χ0n) is 24.7. The molecule has 4 heteroatoms. The number of aromatic nitrogens is 2. The van der Waals surface area contributed by atoms with Crippen LogP contribution >= 0.6 is 0 Å². The van der Waals surface area contributed by atoms with Crippen LogP contribution in [0.2, 0.25) is 0 Å². The Kier molecular flexibility index (Phi) is 4.55. The first-order valence-electron chi connectivity index (χ1n) is 15.7. The quantitative estimate of drug-likeness (QED) is 0.201. The van der Waals surface area contributed by atoms with Crippen molar-refractivity contribution in [2.45, 2.75) is 0 Å². The summed E-state index contributed by atoms with van der Waals surface area (Å²) in [5.41, 5.74) is 12.5. The van der Waals surface area contributed by atoms with Gasteiger partial charge in [0.05, 0.1) is 39.1 Å². The summed E-state index contributed by atoms with van der Waals surface area (Å²) in [6, 6.07) is 54.6. The first kappa shape index (κ1) is 24.1. The average molecular weight is 588 g/mol. The van der Waals surface area contributed by atoms with Crippen LogP contribution in [0.4, 0.5) is 17.1 Å². The lowest BCUT2D eigenvalue weighted by Gasteiger charge is -2.33. The van der Waals surface area contributed by atoms with Crippen LogP contribution in [0.25, 0.3) is 76.9 Å². The van der Waals surface area contributed by atoms with Gasteiger partial charge in [-0.25, -0.2) is 0 Å². The molecular weight excluding hydrogens is 562 g/mol. The number of furan rings is 1. The van der Waals surface area contributed by atoms with Crippen molar-refractivity contribution in [2.75, 3.05) is 4.90 Å². The van der Waals surface area contributed by atoms with Gasteiger partial charge in [0, 0.05) is 43.7 Å². The monoisotopic (exact) mass is 587 g/mol. The highest BCUT2D eigenvalue weighted by atomic mass is 16.3. The molecule has 11 rings (SSSR count). The maximum atomic E-state index is 6.23. The molecule has 7 aromatic carbocycles. The molecule has 0 aliphatic carbocycles. The maximum Gasteiger partial charge on any atom is 0.135 e. The molecule has 0 radical (unpaired) electrons. The van der Waals surface area contributed by atoms with E-state index in [0.29, 0.717) is 0 Å². The third-order valence-corrected chi connectivity index (χ3v) is 9.80.